The Balaban J connectivity index is 2.36. The summed E-state index contributed by atoms with van der Waals surface area (Å²) in [5.41, 5.74) is 0.0438. The molecule has 4 heteroatoms. The van der Waals surface area contributed by atoms with Crippen molar-refractivity contribution < 1.29 is 9.59 Å². The predicted octanol–water partition coefficient (Wildman–Crippen LogP) is 1.71. The van der Waals surface area contributed by atoms with E-state index in [9.17, 15) is 9.59 Å². The monoisotopic (exact) mass is 246 g/mol. The lowest BCUT2D eigenvalue weighted by atomic mass is 9.97. The Labute approximate surface area is 107 Å². The summed E-state index contributed by atoms with van der Waals surface area (Å²) in [6.07, 6.45) is 0.928. The van der Waals surface area contributed by atoms with Gasteiger partial charge in [0.1, 0.15) is 5.54 Å². The van der Waals surface area contributed by atoms with Gasteiger partial charge in [0.2, 0.25) is 5.91 Å². The summed E-state index contributed by atoms with van der Waals surface area (Å²) < 4.78 is 0. The van der Waals surface area contributed by atoms with E-state index >= 15 is 0 Å². The lowest BCUT2D eigenvalue weighted by Gasteiger charge is -2.31. The topological polar surface area (TPSA) is 49.4 Å². The molecule has 0 spiro atoms. The SMILES string of the molecule is CCC1(C)NC(=O)CCN(c2ccccc2)C1=O. The zero-order valence-corrected chi connectivity index (χ0v) is 10.8. The summed E-state index contributed by atoms with van der Waals surface area (Å²) in [4.78, 5) is 25.9. The first-order valence-corrected chi connectivity index (χ1v) is 6.25. The molecule has 1 N–H and O–H groups in total. The molecule has 96 valence electrons. The van der Waals surface area contributed by atoms with Crippen molar-refractivity contribution in [3.05, 3.63) is 30.3 Å². The van der Waals surface area contributed by atoms with E-state index in [0.29, 0.717) is 19.4 Å². The highest BCUT2D eigenvalue weighted by molar-refractivity contribution is 6.03. The number of hydrogen-bond donors (Lipinski definition) is 1. The number of benzene rings is 1. The predicted molar refractivity (Wildman–Crippen MR) is 70.3 cm³/mol. The minimum absolute atomic E-state index is 0.0398. The zero-order valence-electron chi connectivity index (χ0n) is 10.8. The van der Waals surface area contributed by atoms with Crippen LogP contribution in [0.2, 0.25) is 0 Å². The van der Waals surface area contributed by atoms with Crippen molar-refractivity contribution in [3.63, 3.8) is 0 Å². The van der Waals surface area contributed by atoms with Crippen LogP contribution in [-0.4, -0.2) is 23.9 Å². The highest BCUT2D eigenvalue weighted by Crippen LogP contribution is 2.23. The van der Waals surface area contributed by atoms with Gasteiger partial charge in [-0.3, -0.25) is 9.59 Å². The number of amides is 2. The van der Waals surface area contributed by atoms with Crippen LogP contribution in [0.25, 0.3) is 0 Å². The molecule has 1 unspecified atom stereocenters. The van der Waals surface area contributed by atoms with Crippen LogP contribution in [0.15, 0.2) is 30.3 Å². The summed E-state index contributed by atoms with van der Waals surface area (Å²) >= 11 is 0. The smallest absolute Gasteiger partial charge is 0.252 e. The Morgan fingerprint density at radius 1 is 1.28 bits per heavy atom. The fraction of sp³-hybridized carbons (Fsp3) is 0.429. The maximum Gasteiger partial charge on any atom is 0.252 e. The van der Waals surface area contributed by atoms with Crippen molar-refractivity contribution in [2.75, 3.05) is 11.4 Å². The molecule has 2 rings (SSSR count). The third-order valence-corrected chi connectivity index (χ3v) is 3.47. The molecule has 1 fully saturated rings. The second kappa shape index (κ2) is 4.80. The fourth-order valence-corrected chi connectivity index (χ4v) is 2.13. The minimum atomic E-state index is -0.802. The van der Waals surface area contributed by atoms with Crippen LogP contribution in [0.3, 0.4) is 0 Å². The van der Waals surface area contributed by atoms with E-state index in [1.807, 2.05) is 37.3 Å². The minimum Gasteiger partial charge on any atom is -0.342 e. The Morgan fingerprint density at radius 2 is 1.94 bits per heavy atom. The van der Waals surface area contributed by atoms with Gasteiger partial charge >= 0.3 is 0 Å². The number of nitrogens with one attached hydrogen (secondary N) is 1. The van der Waals surface area contributed by atoms with Gasteiger partial charge in [-0.2, -0.15) is 0 Å². The Bertz CT molecular complexity index is 458. The van der Waals surface area contributed by atoms with Gasteiger partial charge in [-0.25, -0.2) is 0 Å². The van der Waals surface area contributed by atoms with E-state index in [2.05, 4.69) is 5.32 Å². The van der Waals surface area contributed by atoms with Gasteiger partial charge in [-0.05, 0) is 25.5 Å². The summed E-state index contributed by atoms with van der Waals surface area (Å²) in [7, 11) is 0. The Hall–Kier alpha value is -1.84. The van der Waals surface area contributed by atoms with Crippen molar-refractivity contribution in [1.29, 1.82) is 0 Å². The average Bonchev–Trinajstić information content (AvgIpc) is 2.50. The number of anilines is 1. The summed E-state index contributed by atoms with van der Waals surface area (Å²) in [5.74, 6) is -0.104. The quantitative estimate of drug-likeness (QED) is 0.863. The number of para-hydroxylation sites is 1. The van der Waals surface area contributed by atoms with E-state index in [4.69, 9.17) is 0 Å². The van der Waals surface area contributed by atoms with Crippen LogP contribution in [0.4, 0.5) is 5.69 Å². The molecule has 1 aliphatic heterocycles. The molecule has 1 heterocycles. The molecule has 0 bridgehead atoms. The van der Waals surface area contributed by atoms with Crippen molar-refractivity contribution in [1.82, 2.24) is 5.32 Å². The second-order valence-corrected chi connectivity index (χ2v) is 4.78. The van der Waals surface area contributed by atoms with Gasteiger partial charge in [0, 0.05) is 18.7 Å². The van der Waals surface area contributed by atoms with Crippen molar-refractivity contribution in [3.8, 4) is 0 Å². The third-order valence-electron chi connectivity index (χ3n) is 3.47. The molecular formula is C14H18N2O2. The standard InChI is InChI=1S/C14H18N2O2/c1-3-14(2)13(18)16(10-9-12(17)15-14)11-7-5-4-6-8-11/h4-8H,3,9-10H2,1-2H3,(H,15,17). The molecule has 0 radical (unpaired) electrons. The van der Waals surface area contributed by atoms with Crippen LogP contribution in [-0.2, 0) is 9.59 Å². The number of hydrogen-bond acceptors (Lipinski definition) is 2. The Morgan fingerprint density at radius 3 is 2.56 bits per heavy atom. The van der Waals surface area contributed by atoms with Crippen molar-refractivity contribution in [2.24, 2.45) is 0 Å². The van der Waals surface area contributed by atoms with E-state index in [1.54, 1.807) is 11.8 Å². The molecule has 1 aliphatic rings. The van der Waals surface area contributed by atoms with Gasteiger partial charge in [-0.1, -0.05) is 25.1 Å². The maximum atomic E-state index is 12.6. The number of rotatable bonds is 2. The van der Waals surface area contributed by atoms with Crippen LogP contribution in [0, 0.1) is 0 Å². The van der Waals surface area contributed by atoms with Gasteiger partial charge < -0.3 is 10.2 Å². The van der Waals surface area contributed by atoms with Crippen LogP contribution < -0.4 is 10.2 Å². The number of nitrogens with zero attached hydrogens (tertiary/aromatic N) is 1. The first kappa shape index (κ1) is 12.6. The molecule has 0 saturated carbocycles. The highest BCUT2D eigenvalue weighted by Gasteiger charge is 2.39. The van der Waals surface area contributed by atoms with Crippen LogP contribution >= 0.6 is 0 Å². The van der Waals surface area contributed by atoms with Gasteiger partial charge in [0.25, 0.3) is 5.91 Å². The molecule has 0 aromatic heterocycles. The van der Waals surface area contributed by atoms with E-state index in [0.717, 1.165) is 5.69 Å². The van der Waals surface area contributed by atoms with E-state index in [-0.39, 0.29) is 11.8 Å². The molecule has 0 aliphatic carbocycles. The van der Waals surface area contributed by atoms with Gasteiger partial charge in [0.15, 0.2) is 0 Å². The number of carbonyl (C=O) groups is 2. The summed E-state index contributed by atoms with van der Waals surface area (Å²) in [6.45, 7) is 4.13. The van der Waals surface area contributed by atoms with Crippen molar-refractivity contribution >= 4 is 17.5 Å². The van der Waals surface area contributed by atoms with Crippen LogP contribution in [0.5, 0.6) is 0 Å². The van der Waals surface area contributed by atoms with Gasteiger partial charge in [-0.15, -0.1) is 0 Å². The molecule has 2 amide bonds. The van der Waals surface area contributed by atoms with Crippen molar-refractivity contribution in [2.45, 2.75) is 32.2 Å². The first-order valence-electron chi connectivity index (χ1n) is 6.25. The van der Waals surface area contributed by atoms with E-state index in [1.165, 1.54) is 0 Å². The Kier molecular flexibility index (Phi) is 3.36. The summed E-state index contributed by atoms with van der Waals surface area (Å²) in [5, 5.41) is 2.82. The number of carbonyl (C=O) groups excluding carboxylic acids is 2. The molecule has 18 heavy (non-hydrogen) atoms. The molecule has 1 atom stereocenters. The average molecular weight is 246 g/mol. The maximum absolute atomic E-state index is 12.6. The third kappa shape index (κ3) is 2.23. The van der Waals surface area contributed by atoms with E-state index < -0.39 is 5.54 Å². The normalized spacial score (nSPS) is 24.7. The molecule has 1 aromatic rings. The zero-order chi connectivity index (χ0) is 13.2. The lowest BCUT2D eigenvalue weighted by molar-refractivity contribution is -0.129. The highest BCUT2D eigenvalue weighted by atomic mass is 16.2. The first-order chi connectivity index (χ1) is 8.57. The molecule has 4 nitrogen and oxygen atoms in total. The fourth-order valence-electron chi connectivity index (χ4n) is 2.13. The molecule has 1 aromatic carbocycles. The lowest BCUT2D eigenvalue weighted by Crippen LogP contribution is -2.54. The van der Waals surface area contributed by atoms with Crippen LogP contribution in [0.1, 0.15) is 26.7 Å². The second-order valence-electron chi connectivity index (χ2n) is 4.78. The summed E-state index contributed by atoms with van der Waals surface area (Å²) in [6, 6.07) is 9.49. The van der Waals surface area contributed by atoms with Gasteiger partial charge in [0.05, 0.1) is 0 Å². The largest absolute Gasteiger partial charge is 0.342 e. The molecule has 1 saturated heterocycles. The molecular weight excluding hydrogens is 228 g/mol.